The van der Waals surface area contributed by atoms with Crippen LogP contribution in [-0.2, 0) is 24.0 Å². The molecule has 10 heteroatoms. The summed E-state index contributed by atoms with van der Waals surface area (Å²) in [5.41, 5.74) is -1.17. The molecule has 1 N–H and O–H groups in total. The molecule has 0 amide bonds. The number of alkyl halides is 3. The molecule has 0 saturated heterocycles. The molecular formula is C17H19F4N3O2S. The van der Waals surface area contributed by atoms with E-state index in [0.29, 0.717) is 36.6 Å². The minimum absolute atomic E-state index is 0.236. The van der Waals surface area contributed by atoms with Crippen molar-refractivity contribution in [2.24, 2.45) is 0 Å². The van der Waals surface area contributed by atoms with Gasteiger partial charge in [-0.3, -0.25) is 0 Å². The van der Waals surface area contributed by atoms with Crippen LogP contribution in [0.15, 0.2) is 16.7 Å². The molecule has 1 aliphatic rings. The van der Waals surface area contributed by atoms with Gasteiger partial charge < -0.3 is 8.97 Å². The molecule has 27 heavy (non-hydrogen) atoms. The van der Waals surface area contributed by atoms with Gasteiger partial charge in [-0.2, -0.15) is 13.2 Å². The monoisotopic (exact) mass is 405 g/mol. The molecule has 5 nitrogen and oxygen atoms in total. The number of aryl methyl sites for hydroxylation is 1. The molecule has 2 aromatic heterocycles. The van der Waals surface area contributed by atoms with E-state index < -0.39 is 39.4 Å². The zero-order valence-electron chi connectivity index (χ0n) is 15.0. The zero-order valence-corrected chi connectivity index (χ0v) is 15.8. The van der Waals surface area contributed by atoms with E-state index in [1.54, 1.807) is 0 Å². The topological polar surface area (TPSA) is 74.0 Å². The van der Waals surface area contributed by atoms with Crippen LogP contribution in [0.25, 0.3) is 11.5 Å². The van der Waals surface area contributed by atoms with Gasteiger partial charge in [-0.05, 0) is 39.7 Å². The number of nitrogens with one attached hydrogen (secondary N) is 1. The predicted octanol–water partition coefficient (Wildman–Crippen LogP) is 4.32. The van der Waals surface area contributed by atoms with Gasteiger partial charge in [0.05, 0.1) is 17.8 Å². The minimum Gasteiger partial charge on any atom is -0.598 e. The Kier molecular flexibility index (Phi) is 5.26. The lowest BCUT2D eigenvalue weighted by Crippen LogP contribution is -2.42. The molecule has 2 aromatic rings. The SMILES string of the molecule is CC(C)(C)[S+]([O-])N[C@H]1CCCc2oc(-c3cc(C(F)(F)F)ncc3F)nc21. The second kappa shape index (κ2) is 7.06. The molecule has 0 radical (unpaired) electrons. The second-order valence-corrected chi connectivity index (χ2v) is 9.32. The van der Waals surface area contributed by atoms with Gasteiger partial charge in [-0.25, -0.2) is 14.4 Å². The van der Waals surface area contributed by atoms with Crippen LogP contribution in [-0.4, -0.2) is 19.3 Å². The Bertz CT molecular complexity index is 833. The van der Waals surface area contributed by atoms with Crippen molar-refractivity contribution in [3.8, 4) is 11.5 Å². The fraction of sp³-hybridized carbons (Fsp3) is 0.529. The highest BCUT2D eigenvalue weighted by Gasteiger charge is 2.36. The first kappa shape index (κ1) is 20.1. The molecule has 148 valence electrons. The molecule has 0 fully saturated rings. The molecule has 3 rings (SSSR count). The Morgan fingerprint density at radius 3 is 2.63 bits per heavy atom. The van der Waals surface area contributed by atoms with Crippen LogP contribution in [0.4, 0.5) is 17.6 Å². The predicted molar refractivity (Wildman–Crippen MR) is 91.4 cm³/mol. The van der Waals surface area contributed by atoms with Crippen molar-refractivity contribution in [3.63, 3.8) is 0 Å². The Morgan fingerprint density at radius 2 is 2.00 bits per heavy atom. The second-order valence-electron chi connectivity index (χ2n) is 7.32. The zero-order chi connectivity index (χ0) is 20.0. The van der Waals surface area contributed by atoms with Crippen molar-refractivity contribution in [2.45, 2.75) is 57.0 Å². The van der Waals surface area contributed by atoms with Gasteiger partial charge >= 0.3 is 6.18 Å². The molecule has 1 aliphatic carbocycles. The normalized spacial score (nSPS) is 19.0. The summed E-state index contributed by atoms with van der Waals surface area (Å²) in [6, 6.07) is 0.209. The molecule has 0 bridgehead atoms. The van der Waals surface area contributed by atoms with Gasteiger partial charge in [0.2, 0.25) is 5.89 Å². The van der Waals surface area contributed by atoms with Gasteiger partial charge in [0.25, 0.3) is 0 Å². The third-order valence-corrected chi connectivity index (χ3v) is 5.75. The van der Waals surface area contributed by atoms with Crippen molar-refractivity contribution in [2.75, 3.05) is 0 Å². The lowest BCUT2D eigenvalue weighted by Gasteiger charge is -2.28. The van der Waals surface area contributed by atoms with Crippen molar-refractivity contribution >= 4 is 11.4 Å². The van der Waals surface area contributed by atoms with E-state index in [-0.39, 0.29) is 11.9 Å². The summed E-state index contributed by atoms with van der Waals surface area (Å²) >= 11 is -1.36. The highest BCUT2D eigenvalue weighted by atomic mass is 32.2. The van der Waals surface area contributed by atoms with Gasteiger partial charge in [-0.15, -0.1) is 4.72 Å². The summed E-state index contributed by atoms with van der Waals surface area (Å²) in [6.45, 7) is 5.46. The maximum absolute atomic E-state index is 14.1. The van der Waals surface area contributed by atoms with Crippen molar-refractivity contribution in [1.29, 1.82) is 0 Å². The molecule has 0 spiro atoms. The van der Waals surface area contributed by atoms with Crippen molar-refractivity contribution in [3.05, 3.63) is 35.2 Å². The molecule has 2 heterocycles. The number of pyridine rings is 1. The standard InChI is InChI=1S/C17H19F4N3O2S/c1-16(2,3)27(25)24-11-5-4-6-12-14(11)23-15(26-12)9-7-13(17(19,20)21)22-8-10(9)18/h7-8,11,24H,4-6H2,1-3H3/t11-,27?/m0/s1. The van der Waals surface area contributed by atoms with E-state index in [9.17, 15) is 22.1 Å². The highest BCUT2D eigenvalue weighted by molar-refractivity contribution is 7.90. The van der Waals surface area contributed by atoms with Gasteiger partial charge in [0.15, 0.2) is 5.82 Å². The Labute approximate surface area is 156 Å². The van der Waals surface area contributed by atoms with E-state index in [1.165, 1.54) is 0 Å². The summed E-state index contributed by atoms with van der Waals surface area (Å²) in [6.07, 6.45) is -2.30. The molecule has 0 saturated carbocycles. The molecule has 0 aromatic carbocycles. The van der Waals surface area contributed by atoms with Gasteiger partial charge in [0.1, 0.15) is 21.9 Å². The molecule has 1 unspecified atom stereocenters. The smallest absolute Gasteiger partial charge is 0.433 e. The van der Waals surface area contributed by atoms with Crippen LogP contribution >= 0.6 is 0 Å². The summed E-state index contributed by atoms with van der Waals surface area (Å²) in [4.78, 5) is 7.30. The van der Waals surface area contributed by atoms with E-state index in [0.717, 1.165) is 6.42 Å². The summed E-state index contributed by atoms with van der Waals surface area (Å²) in [7, 11) is 0. The minimum atomic E-state index is -4.71. The van der Waals surface area contributed by atoms with Crippen LogP contribution in [0.5, 0.6) is 0 Å². The molecule has 2 atom stereocenters. The number of rotatable bonds is 3. The van der Waals surface area contributed by atoms with E-state index in [2.05, 4.69) is 14.7 Å². The lowest BCUT2D eigenvalue weighted by atomic mass is 9.98. The average molecular weight is 405 g/mol. The third kappa shape index (κ3) is 4.27. The summed E-state index contributed by atoms with van der Waals surface area (Å²) in [5.74, 6) is -0.727. The number of oxazole rings is 1. The maximum atomic E-state index is 14.1. The number of fused-ring (bicyclic) bond motifs is 1. The van der Waals surface area contributed by atoms with E-state index in [4.69, 9.17) is 4.42 Å². The van der Waals surface area contributed by atoms with Crippen LogP contribution in [0.1, 0.15) is 56.8 Å². The summed E-state index contributed by atoms with van der Waals surface area (Å²) in [5, 5.41) is 0. The first-order valence-electron chi connectivity index (χ1n) is 8.37. The van der Waals surface area contributed by atoms with Crippen molar-refractivity contribution in [1.82, 2.24) is 14.7 Å². The lowest BCUT2D eigenvalue weighted by molar-refractivity contribution is -0.141. The van der Waals surface area contributed by atoms with E-state index in [1.807, 2.05) is 20.8 Å². The van der Waals surface area contributed by atoms with Crippen LogP contribution in [0.3, 0.4) is 0 Å². The molecular weight excluding hydrogens is 386 g/mol. The van der Waals surface area contributed by atoms with Crippen LogP contribution in [0.2, 0.25) is 0 Å². The fourth-order valence-corrected chi connectivity index (χ4v) is 3.55. The van der Waals surface area contributed by atoms with Gasteiger partial charge in [0, 0.05) is 17.8 Å². The third-order valence-electron chi connectivity index (χ3n) is 4.14. The Hall–Kier alpha value is -1.65. The molecule has 0 aliphatic heterocycles. The number of nitrogens with zero attached hydrogens (tertiary/aromatic N) is 2. The quantitative estimate of drug-likeness (QED) is 0.608. The number of halogens is 4. The number of hydrogen-bond acceptors (Lipinski definition) is 5. The first-order chi connectivity index (χ1) is 12.5. The highest BCUT2D eigenvalue weighted by Crippen LogP contribution is 2.36. The Balaban J connectivity index is 1.95. The van der Waals surface area contributed by atoms with Crippen LogP contribution < -0.4 is 4.72 Å². The Morgan fingerprint density at radius 1 is 1.30 bits per heavy atom. The number of hydrogen-bond donors (Lipinski definition) is 1. The first-order valence-corrected chi connectivity index (χ1v) is 9.52. The van der Waals surface area contributed by atoms with E-state index >= 15 is 0 Å². The number of aromatic nitrogens is 2. The van der Waals surface area contributed by atoms with Crippen molar-refractivity contribution < 1.29 is 26.5 Å². The summed E-state index contributed by atoms with van der Waals surface area (Å²) < 4.78 is 73.1. The van der Waals surface area contributed by atoms with Gasteiger partial charge in [-0.1, -0.05) is 0 Å². The maximum Gasteiger partial charge on any atom is 0.433 e. The largest absolute Gasteiger partial charge is 0.598 e. The fourth-order valence-electron chi connectivity index (χ4n) is 2.71. The average Bonchev–Trinajstić information content (AvgIpc) is 2.98. The van der Waals surface area contributed by atoms with Crippen LogP contribution in [0, 0.1) is 5.82 Å².